The monoisotopic (exact) mass is 494 g/mol. The van der Waals surface area contributed by atoms with Crippen molar-refractivity contribution in [2.75, 3.05) is 13.2 Å². The van der Waals surface area contributed by atoms with Crippen LogP contribution in [0.3, 0.4) is 0 Å². The van der Waals surface area contributed by atoms with Crippen LogP contribution in [0.25, 0.3) is 11.1 Å². The molecular weight excluding hydrogens is 470 g/mol. The van der Waals surface area contributed by atoms with Gasteiger partial charge in [0, 0.05) is 11.1 Å². The van der Waals surface area contributed by atoms with E-state index in [0.717, 1.165) is 12.1 Å². The number of ether oxygens (including phenoxy) is 4. The Morgan fingerprint density at radius 3 is 1.56 bits per heavy atom. The maximum Gasteiger partial charge on any atom is 0.338 e. The predicted octanol–water partition coefficient (Wildman–Crippen LogP) is 6.05. The van der Waals surface area contributed by atoms with Gasteiger partial charge in [0.2, 0.25) is 0 Å². The zero-order chi connectivity index (χ0) is 26.2. The maximum absolute atomic E-state index is 14.6. The van der Waals surface area contributed by atoms with E-state index >= 15 is 0 Å². The van der Waals surface area contributed by atoms with Crippen LogP contribution in [0.2, 0.25) is 0 Å². The van der Waals surface area contributed by atoms with Crippen LogP contribution in [0.4, 0.5) is 8.78 Å². The molecule has 0 N–H and O–H groups in total. The second-order valence-electron chi connectivity index (χ2n) is 7.80. The van der Waals surface area contributed by atoms with Crippen LogP contribution in [0.15, 0.2) is 85.0 Å². The SMILES string of the molecule is C=C(C)C(=O)Oc1ccc(OCCOc2c(F)cc(-c3ccc(OC(=O)C(=C)C)cc3)cc2F)cc1. The van der Waals surface area contributed by atoms with E-state index in [0.29, 0.717) is 22.6 Å². The first-order chi connectivity index (χ1) is 17.1. The highest BCUT2D eigenvalue weighted by molar-refractivity contribution is 5.89. The van der Waals surface area contributed by atoms with Gasteiger partial charge in [0.15, 0.2) is 17.4 Å². The summed E-state index contributed by atoms with van der Waals surface area (Å²) in [6.45, 7) is 10.0. The lowest BCUT2D eigenvalue weighted by Gasteiger charge is -2.12. The summed E-state index contributed by atoms with van der Waals surface area (Å²) >= 11 is 0. The zero-order valence-electron chi connectivity index (χ0n) is 19.8. The molecule has 0 unspecified atom stereocenters. The standard InChI is InChI=1S/C28H24F2O6/c1-17(2)27(31)35-22-7-5-19(6-8-22)20-15-24(29)26(25(30)16-20)34-14-13-33-21-9-11-23(12-10-21)36-28(32)18(3)4/h5-12,15-16H,1,3,13-14H2,2,4H3. The highest BCUT2D eigenvalue weighted by Crippen LogP contribution is 2.30. The van der Waals surface area contributed by atoms with Gasteiger partial charge in [-0.3, -0.25) is 0 Å². The highest BCUT2D eigenvalue weighted by atomic mass is 19.1. The fourth-order valence-corrected chi connectivity index (χ4v) is 2.88. The molecule has 6 nitrogen and oxygen atoms in total. The van der Waals surface area contributed by atoms with Crippen LogP contribution in [-0.2, 0) is 9.59 Å². The molecule has 0 aromatic heterocycles. The summed E-state index contributed by atoms with van der Waals surface area (Å²) in [6, 6.07) is 14.8. The van der Waals surface area contributed by atoms with Gasteiger partial charge in [0.1, 0.15) is 30.5 Å². The van der Waals surface area contributed by atoms with Gasteiger partial charge < -0.3 is 18.9 Å². The highest BCUT2D eigenvalue weighted by Gasteiger charge is 2.14. The number of hydrogen-bond acceptors (Lipinski definition) is 6. The van der Waals surface area contributed by atoms with Crippen LogP contribution in [0, 0.1) is 11.6 Å². The normalized spacial score (nSPS) is 10.3. The number of benzene rings is 3. The van der Waals surface area contributed by atoms with Crippen LogP contribution < -0.4 is 18.9 Å². The van der Waals surface area contributed by atoms with Crippen molar-refractivity contribution in [1.82, 2.24) is 0 Å². The fraction of sp³-hybridized carbons (Fsp3) is 0.143. The quantitative estimate of drug-likeness (QED) is 0.148. The lowest BCUT2D eigenvalue weighted by atomic mass is 10.0. The molecule has 0 atom stereocenters. The minimum Gasteiger partial charge on any atom is -0.490 e. The predicted molar refractivity (Wildman–Crippen MR) is 130 cm³/mol. The van der Waals surface area contributed by atoms with Gasteiger partial charge in [-0.25, -0.2) is 18.4 Å². The summed E-state index contributed by atoms with van der Waals surface area (Å²) in [5.41, 5.74) is 1.34. The molecule has 0 saturated carbocycles. The third-order valence-corrected chi connectivity index (χ3v) is 4.73. The van der Waals surface area contributed by atoms with E-state index in [-0.39, 0.29) is 30.1 Å². The van der Waals surface area contributed by atoms with Crippen molar-refractivity contribution >= 4 is 11.9 Å². The molecule has 3 aromatic rings. The molecule has 8 heteroatoms. The Hall–Kier alpha value is -4.46. The Morgan fingerprint density at radius 2 is 1.08 bits per heavy atom. The van der Waals surface area contributed by atoms with E-state index in [1.807, 2.05) is 0 Å². The molecule has 0 radical (unpaired) electrons. The van der Waals surface area contributed by atoms with E-state index in [9.17, 15) is 18.4 Å². The fourth-order valence-electron chi connectivity index (χ4n) is 2.88. The topological polar surface area (TPSA) is 71.1 Å². The first kappa shape index (κ1) is 26.2. The first-order valence-corrected chi connectivity index (χ1v) is 10.8. The van der Waals surface area contributed by atoms with Crippen molar-refractivity contribution in [3.63, 3.8) is 0 Å². The average Bonchev–Trinajstić information content (AvgIpc) is 2.84. The van der Waals surface area contributed by atoms with Crippen LogP contribution in [0.1, 0.15) is 13.8 Å². The third kappa shape index (κ3) is 7.02. The molecule has 0 spiro atoms. The van der Waals surface area contributed by atoms with Crippen molar-refractivity contribution in [2.45, 2.75) is 13.8 Å². The number of hydrogen-bond donors (Lipinski definition) is 0. The van der Waals surface area contributed by atoms with Gasteiger partial charge in [-0.05, 0) is 73.5 Å². The van der Waals surface area contributed by atoms with Crippen molar-refractivity contribution < 1.29 is 37.3 Å². The van der Waals surface area contributed by atoms with Gasteiger partial charge >= 0.3 is 11.9 Å². The molecule has 0 fully saturated rings. The van der Waals surface area contributed by atoms with Crippen LogP contribution >= 0.6 is 0 Å². The van der Waals surface area contributed by atoms with Gasteiger partial charge in [-0.1, -0.05) is 25.3 Å². The van der Waals surface area contributed by atoms with Crippen molar-refractivity contribution in [2.24, 2.45) is 0 Å². The Morgan fingerprint density at radius 1 is 0.667 bits per heavy atom. The molecule has 0 aliphatic heterocycles. The Kier molecular flexibility index (Phi) is 8.57. The molecule has 3 rings (SSSR count). The summed E-state index contributed by atoms with van der Waals surface area (Å²) in [6.07, 6.45) is 0. The Balaban J connectivity index is 1.55. The van der Waals surface area contributed by atoms with E-state index in [1.165, 1.54) is 19.1 Å². The average molecular weight is 494 g/mol. The largest absolute Gasteiger partial charge is 0.490 e. The molecule has 0 heterocycles. The van der Waals surface area contributed by atoms with Crippen molar-refractivity contribution in [1.29, 1.82) is 0 Å². The molecular formula is C28H24F2O6. The number of carbonyl (C=O) groups is 2. The summed E-state index contributed by atoms with van der Waals surface area (Å²) in [7, 11) is 0. The van der Waals surface area contributed by atoms with E-state index in [2.05, 4.69) is 13.2 Å². The van der Waals surface area contributed by atoms with E-state index in [1.54, 1.807) is 43.3 Å². The Labute approximate surface area is 207 Å². The number of esters is 2. The molecule has 0 aliphatic carbocycles. The molecule has 0 aliphatic rings. The summed E-state index contributed by atoms with van der Waals surface area (Å²) in [5.74, 6) is -2.27. The van der Waals surface area contributed by atoms with E-state index < -0.39 is 29.3 Å². The molecule has 3 aromatic carbocycles. The molecule has 0 bridgehead atoms. The molecule has 0 amide bonds. The van der Waals surface area contributed by atoms with Crippen molar-refractivity contribution in [3.05, 3.63) is 96.6 Å². The first-order valence-electron chi connectivity index (χ1n) is 10.8. The van der Waals surface area contributed by atoms with Gasteiger partial charge in [0.25, 0.3) is 0 Å². The third-order valence-electron chi connectivity index (χ3n) is 4.73. The summed E-state index contributed by atoms with van der Waals surface area (Å²) in [4.78, 5) is 23.1. The second-order valence-corrected chi connectivity index (χ2v) is 7.80. The minimum atomic E-state index is -0.869. The van der Waals surface area contributed by atoms with Crippen LogP contribution in [0.5, 0.6) is 23.0 Å². The van der Waals surface area contributed by atoms with Crippen LogP contribution in [-0.4, -0.2) is 25.2 Å². The Bertz CT molecular complexity index is 1260. The zero-order valence-corrected chi connectivity index (χ0v) is 19.8. The minimum absolute atomic E-state index is 0.0237. The lowest BCUT2D eigenvalue weighted by Crippen LogP contribution is -2.11. The summed E-state index contributed by atoms with van der Waals surface area (Å²) < 4.78 is 50.1. The maximum atomic E-state index is 14.6. The second kappa shape index (κ2) is 11.8. The van der Waals surface area contributed by atoms with Gasteiger partial charge in [-0.15, -0.1) is 0 Å². The summed E-state index contributed by atoms with van der Waals surface area (Å²) in [5, 5.41) is 0. The van der Waals surface area contributed by atoms with E-state index in [4.69, 9.17) is 18.9 Å². The van der Waals surface area contributed by atoms with Crippen molar-refractivity contribution in [3.8, 4) is 34.1 Å². The molecule has 0 saturated heterocycles. The number of carbonyl (C=O) groups excluding carboxylic acids is 2. The van der Waals surface area contributed by atoms with Gasteiger partial charge in [0.05, 0.1) is 0 Å². The molecule has 36 heavy (non-hydrogen) atoms. The van der Waals surface area contributed by atoms with Gasteiger partial charge in [-0.2, -0.15) is 0 Å². The molecule has 186 valence electrons. The lowest BCUT2D eigenvalue weighted by molar-refractivity contribution is -0.130. The number of rotatable bonds is 10. The number of halogens is 2. The smallest absolute Gasteiger partial charge is 0.338 e.